The summed E-state index contributed by atoms with van der Waals surface area (Å²) in [7, 11) is 0. The van der Waals surface area contributed by atoms with Gasteiger partial charge in [0.2, 0.25) is 5.28 Å². The van der Waals surface area contributed by atoms with Crippen LogP contribution in [0.5, 0.6) is 0 Å². The number of benzene rings is 1. The van der Waals surface area contributed by atoms with Gasteiger partial charge in [0.25, 0.3) is 0 Å². The lowest BCUT2D eigenvalue weighted by Gasteiger charge is -2.05. The van der Waals surface area contributed by atoms with Crippen molar-refractivity contribution in [1.29, 1.82) is 0 Å². The van der Waals surface area contributed by atoms with Gasteiger partial charge in [-0.2, -0.15) is 0 Å². The van der Waals surface area contributed by atoms with Gasteiger partial charge in [-0.25, -0.2) is 9.97 Å². The van der Waals surface area contributed by atoms with Crippen molar-refractivity contribution in [3.8, 4) is 0 Å². The van der Waals surface area contributed by atoms with Crippen LogP contribution in [0, 0.1) is 13.8 Å². The van der Waals surface area contributed by atoms with E-state index in [9.17, 15) is 0 Å². The summed E-state index contributed by atoms with van der Waals surface area (Å²) in [6, 6.07) is 10.3. The number of nitrogens with zero attached hydrogens (tertiary/aromatic N) is 2. The molecular weight excluding hydrogens is 252 g/mol. The first-order valence-corrected chi connectivity index (χ1v) is 6.70. The number of hydrogen-bond acceptors (Lipinski definition) is 3. The molecule has 0 fully saturated rings. The summed E-state index contributed by atoms with van der Waals surface area (Å²) in [6.45, 7) is 4.04. The molecule has 2 aromatic rings. The summed E-state index contributed by atoms with van der Waals surface area (Å²) >= 11 is 7.51. The van der Waals surface area contributed by atoms with Crippen molar-refractivity contribution in [3.05, 3.63) is 52.4 Å². The van der Waals surface area contributed by atoms with Gasteiger partial charge in [-0.1, -0.05) is 24.3 Å². The highest BCUT2D eigenvalue weighted by molar-refractivity contribution is 7.98. The molecule has 0 saturated carbocycles. The van der Waals surface area contributed by atoms with E-state index in [-0.39, 0.29) is 0 Å². The van der Waals surface area contributed by atoms with Crippen molar-refractivity contribution in [1.82, 2.24) is 9.97 Å². The molecule has 0 radical (unpaired) electrons. The summed E-state index contributed by atoms with van der Waals surface area (Å²) in [5.74, 6) is 0.902. The fraction of sp³-hybridized carbons (Fsp3) is 0.231. The lowest BCUT2D eigenvalue weighted by molar-refractivity contribution is 1.01. The molecule has 1 aromatic carbocycles. The van der Waals surface area contributed by atoms with E-state index in [1.165, 1.54) is 11.1 Å². The highest BCUT2D eigenvalue weighted by Crippen LogP contribution is 2.23. The van der Waals surface area contributed by atoms with E-state index in [0.717, 1.165) is 16.5 Å². The van der Waals surface area contributed by atoms with Gasteiger partial charge >= 0.3 is 0 Å². The van der Waals surface area contributed by atoms with Crippen molar-refractivity contribution in [3.63, 3.8) is 0 Å². The van der Waals surface area contributed by atoms with E-state index < -0.39 is 0 Å². The summed E-state index contributed by atoms with van der Waals surface area (Å²) in [4.78, 5) is 8.24. The molecule has 4 heteroatoms. The van der Waals surface area contributed by atoms with Crippen LogP contribution in [0.25, 0.3) is 0 Å². The van der Waals surface area contributed by atoms with E-state index in [0.29, 0.717) is 5.28 Å². The van der Waals surface area contributed by atoms with Crippen molar-refractivity contribution >= 4 is 23.4 Å². The van der Waals surface area contributed by atoms with E-state index in [4.69, 9.17) is 11.6 Å². The molecule has 88 valence electrons. The Morgan fingerprint density at radius 1 is 1.18 bits per heavy atom. The smallest absolute Gasteiger partial charge is 0.223 e. The average Bonchev–Trinajstić information content (AvgIpc) is 2.27. The van der Waals surface area contributed by atoms with Gasteiger partial charge in [-0.15, -0.1) is 11.8 Å². The van der Waals surface area contributed by atoms with E-state index >= 15 is 0 Å². The first-order valence-electron chi connectivity index (χ1n) is 5.33. The first kappa shape index (κ1) is 12.4. The maximum absolute atomic E-state index is 5.83. The molecule has 2 nitrogen and oxygen atoms in total. The molecule has 0 amide bonds. The lowest BCUT2D eigenvalue weighted by atomic mass is 10.1. The molecule has 1 aromatic heterocycles. The van der Waals surface area contributed by atoms with Crippen molar-refractivity contribution in [2.75, 3.05) is 0 Å². The monoisotopic (exact) mass is 264 g/mol. The Hall–Kier alpha value is -1.06. The fourth-order valence-corrected chi connectivity index (χ4v) is 2.81. The third-order valence-corrected chi connectivity index (χ3v) is 3.57. The summed E-state index contributed by atoms with van der Waals surface area (Å²) in [5, 5.41) is 1.24. The van der Waals surface area contributed by atoms with Gasteiger partial charge in [-0.05, 0) is 42.6 Å². The molecule has 0 atom stereocenters. The molecule has 0 unspecified atom stereocenters. The second kappa shape index (κ2) is 5.52. The molecule has 17 heavy (non-hydrogen) atoms. The Labute approximate surface area is 110 Å². The van der Waals surface area contributed by atoms with Crippen molar-refractivity contribution < 1.29 is 0 Å². The predicted octanol–water partition coefficient (Wildman–Crippen LogP) is 4.04. The minimum Gasteiger partial charge on any atom is -0.223 e. The van der Waals surface area contributed by atoms with Gasteiger partial charge in [0.05, 0.1) is 0 Å². The number of hydrogen-bond donors (Lipinski definition) is 0. The normalized spacial score (nSPS) is 10.5. The molecular formula is C13H13ClN2S. The fourth-order valence-electron chi connectivity index (χ4n) is 1.50. The molecule has 0 aliphatic rings. The van der Waals surface area contributed by atoms with Gasteiger partial charge in [-0.3, -0.25) is 0 Å². The Balaban J connectivity index is 2.10. The van der Waals surface area contributed by atoms with Crippen LogP contribution in [0.15, 0.2) is 35.4 Å². The minimum atomic E-state index is 0.317. The third-order valence-electron chi connectivity index (χ3n) is 2.44. The quantitative estimate of drug-likeness (QED) is 0.475. The molecule has 0 saturated heterocycles. The molecule has 2 rings (SSSR count). The van der Waals surface area contributed by atoms with Crippen LogP contribution in [-0.4, -0.2) is 9.97 Å². The van der Waals surface area contributed by atoms with E-state index in [2.05, 4.69) is 41.2 Å². The minimum absolute atomic E-state index is 0.317. The van der Waals surface area contributed by atoms with Crippen LogP contribution >= 0.6 is 23.4 Å². The van der Waals surface area contributed by atoms with Crippen molar-refractivity contribution in [2.45, 2.75) is 24.6 Å². The molecule has 1 heterocycles. The van der Waals surface area contributed by atoms with E-state index in [1.807, 2.05) is 13.0 Å². The molecule has 0 aliphatic carbocycles. The maximum Gasteiger partial charge on any atom is 0.223 e. The average molecular weight is 265 g/mol. The molecule has 0 spiro atoms. The van der Waals surface area contributed by atoms with Gasteiger partial charge in [0.15, 0.2) is 0 Å². The summed E-state index contributed by atoms with van der Waals surface area (Å²) in [5.41, 5.74) is 3.53. The Morgan fingerprint density at radius 3 is 2.65 bits per heavy atom. The zero-order valence-electron chi connectivity index (χ0n) is 9.77. The Bertz CT molecular complexity index is 508. The van der Waals surface area contributed by atoms with Crippen LogP contribution in [0.1, 0.15) is 16.8 Å². The highest BCUT2D eigenvalue weighted by atomic mass is 35.5. The Morgan fingerprint density at radius 2 is 1.94 bits per heavy atom. The standard InChI is InChI=1S/C13H13ClN2S/c1-9-5-3-4-6-11(9)8-17-12-7-10(2)15-13(14)16-12/h3-7H,8H2,1-2H3. The second-order valence-corrected chi connectivity index (χ2v) is 5.17. The molecule has 0 aliphatic heterocycles. The van der Waals surface area contributed by atoms with Gasteiger partial charge in [0, 0.05) is 11.4 Å². The number of aromatic nitrogens is 2. The van der Waals surface area contributed by atoms with Gasteiger partial charge < -0.3 is 0 Å². The first-order chi connectivity index (χ1) is 8.15. The highest BCUT2D eigenvalue weighted by Gasteiger charge is 2.03. The lowest BCUT2D eigenvalue weighted by Crippen LogP contribution is -1.90. The van der Waals surface area contributed by atoms with Crippen LogP contribution in [0.2, 0.25) is 5.28 Å². The van der Waals surface area contributed by atoms with E-state index in [1.54, 1.807) is 11.8 Å². The number of rotatable bonds is 3. The topological polar surface area (TPSA) is 25.8 Å². The zero-order valence-corrected chi connectivity index (χ0v) is 11.3. The Kier molecular flexibility index (Phi) is 4.02. The molecule has 0 N–H and O–H groups in total. The number of thioether (sulfide) groups is 1. The van der Waals surface area contributed by atoms with Crippen LogP contribution in [0.3, 0.4) is 0 Å². The predicted molar refractivity (Wildman–Crippen MR) is 72.5 cm³/mol. The SMILES string of the molecule is Cc1cc(SCc2ccccc2C)nc(Cl)n1. The van der Waals surface area contributed by atoms with Crippen LogP contribution in [-0.2, 0) is 5.75 Å². The summed E-state index contributed by atoms with van der Waals surface area (Å²) < 4.78 is 0. The zero-order chi connectivity index (χ0) is 12.3. The molecule has 0 bridgehead atoms. The largest absolute Gasteiger partial charge is 0.223 e. The van der Waals surface area contributed by atoms with Crippen molar-refractivity contribution in [2.24, 2.45) is 0 Å². The summed E-state index contributed by atoms with van der Waals surface area (Å²) in [6.07, 6.45) is 0. The second-order valence-electron chi connectivity index (χ2n) is 3.83. The number of halogens is 1. The third kappa shape index (κ3) is 3.45. The number of aryl methyl sites for hydroxylation is 2. The van der Waals surface area contributed by atoms with Crippen LogP contribution < -0.4 is 0 Å². The van der Waals surface area contributed by atoms with Gasteiger partial charge in [0.1, 0.15) is 5.03 Å². The van der Waals surface area contributed by atoms with Crippen LogP contribution in [0.4, 0.5) is 0 Å². The maximum atomic E-state index is 5.83.